The Balaban J connectivity index is 2.45. The van der Waals surface area contributed by atoms with Crippen molar-refractivity contribution in [2.45, 2.75) is 26.5 Å². The number of nitrogens with zero attached hydrogens (tertiary/aromatic N) is 2. The Kier molecular flexibility index (Phi) is 4.84. The molecular weight excluding hydrogens is 224 g/mol. The van der Waals surface area contributed by atoms with Crippen molar-refractivity contribution in [2.24, 2.45) is 5.92 Å². The van der Waals surface area contributed by atoms with Gasteiger partial charge in [-0.2, -0.15) is 0 Å². The predicted molar refractivity (Wildman–Crippen MR) is 59.3 cm³/mol. The van der Waals surface area contributed by atoms with Gasteiger partial charge in [-0.25, -0.2) is 4.98 Å². The van der Waals surface area contributed by atoms with Gasteiger partial charge in [0.1, 0.15) is 18.8 Å². The summed E-state index contributed by atoms with van der Waals surface area (Å²) < 4.78 is 6.98. The number of rotatable bonds is 7. The number of ketones is 1. The molecule has 0 aromatic carbocycles. The molecule has 1 N–H and O–H groups in total. The number of carboxylic acids is 1. The van der Waals surface area contributed by atoms with Crippen molar-refractivity contribution in [1.82, 2.24) is 9.55 Å². The van der Waals surface area contributed by atoms with Gasteiger partial charge >= 0.3 is 5.97 Å². The summed E-state index contributed by atoms with van der Waals surface area (Å²) in [6.07, 6.45) is 4.82. The van der Waals surface area contributed by atoms with Gasteiger partial charge in [0.2, 0.25) is 0 Å². The zero-order chi connectivity index (χ0) is 12.8. The molecule has 6 heteroatoms. The zero-order valence-corrected chi connectivity index (χ0v) is 9.87. The Morgan fingerprint density at radius 2 is 2.24 bits per heavy atom. The van der Waals surface area contributed by atoms with Crippen LogP contribution in [0.25, 0.3) is 0 Å². The van der Waals surface area contributed by atoms with Crippen LogP contribution in [-0.2, 0) is 14.3 Å². The van der Waals surface area contributed by atoms with Gasteiger partial charge in [-0.1, -0.05) is 6.92 Å². The van der Waals surface area contributed by atoms with Gasteiger partial charge in [-0.05, 0) is 13.3 Å². The second kappa shape index (κ2) is 6.15. The van der Waals surface area contributed by atoms with Gasteiger partial charge in [0.25, 0.3) is 0 Å². The number of imidazole rings is 1. The molecule has 0 aliphatic carbocycles. The molecule has 1 aromatic heterocycles. The van der Waals surface area contributed by atoms with Crippen LogP contribution in [0.3, 0.4) is 0 Å². The van der Waals surface area contributed by atoms with E-state index in [9.17, 15) is 9.59 Å². The monoisotopic (exact) mass is 240 g/mol. The Morgan fingerprint density at radius 1 is 1.53 bits per heavy atom. The molecule has 1 aromatic rings. The van der Waals surface area contributed by atoms with Crippen LogP contribution < -0.4 is 0 Å². The maximum Gasteiger partial charge on any atom is 0.314 e. The number of carboxylic acid groups (broad SMARTS) is 1. The molecule has 0 saturated carbocycles. The predicted octanol–water partition coefficient (Wildman–Crippen LogP) is 1.10. The number of aromatic nitrogens is 2. The highest BCUT2D eigenvalue weighted by Gasteiger charge is 2.24. The second-order valence-corrected chi connectivity index (χ2v) is 3.69. The molecular formula is C11H16N2O4. The molecule has 0 spiro atoms. The van der Waals surface area contributed by atoms with Gasteiger partial charge in [-0.15, -0.1) is 0 Å². The minimum absolute atomic E-state index is 0.204. The highest BCUT2D eigenvalue weighted by molar-refractivity contribution is 5.98. The van der Waals surface area contributed by atoms with Crippen LogP contribution in [0.15, 0.2) is 18.7 Å². The van der Waals surface area contributed by atoms with Crippen molar-refractivity contribution >= 4 is 11.8 Å². The summed E-state index contributed by atoms with van der Waals surface area (Å²) >= 11 is 0. The number of ether oxygens (including phenoxy) is 1. The standard InChI is InChI=1S/C11H16N2O4/c1-3-9(11(15)16)10(14)6-17-8(2)13-5-4-12-7-13/h4-5,7-9H,3,6H2,1-2H3,(H,15,16). The van der Waals surface area contributed by atoms with Crippen LogP contribution in [0, 0.1) is 5.92 Å². The molecule has 0 saturated heterocycles. The van der Waals surface area contributed by atoms with E-state index in [-0.39, 0.29) is 19.3 Å². The first-order valence-electron chi connectivity index (χ1n) is 5.40. The van der Waals surface area contributed by atoms with Gasteiger partial charge in [0.05, 0.1) is 6.33 Å². The van der Waals surface area contributed by atoms with Crippen LogP contribution in [0.5, 0.6) is 0 Å². The van der Waals surface area contributed by atoms with Crippen LogP contribution in [0.1, 0.15) is 26.5 Å². The van der Waals surface area contributed by atoms with Crippen molar-refractivity contribution in [2.75, 3.05) is 6.61 Å². The van der Waals surface area contributed by atoms with Crippen molar-refractivity contribution in [1.29, 1.82) is 0 Å². The SMILES string of the molecule is CCC(C(=O)O)C(=O)COC(C)n1ccnc1. The van der Waals surface area contributed by atoms with E-state index in [4.69, 9.17) is 9.84 Å². The Bertz CT molecular complexity index is 375. The lowest BCUT2D eigenvalue weighted by Crippen LogP contribution is -2.27. The third kappa shape index (κ3) is 3.67. The molecule has 94 valence electrons. The summed E-state index contributed by atoms with van der Waals surface area (Å²) in [6, 6.07) is 0. The van der Waals surface area contributed by atoms with E-state index < -0.39 is 17.7 Å². The van der Waals surface area contributed by atoms with Gasteiger partial charge in [0, 0.05) is 12.4 Å². The van der Waals surface area contributed by atoms with Crippen molar-refractivity contribution in [3.8, 4) is 0 Å². The minimum Gasteiger partial charge on any atom is -0.481 e. The maximum absolute atomic E-state index is 11.6. The fraction of sp³-hybridized carbons (Fsp3) is 0.545. The van der Waals surface area contributed by atoms with Crippen molar-refractivity contribution in [3.63, 3.8) is 0 Å². The summed E-state index contributed by atoms with van der Waals surface area (Å²) in [4.78, 5) is 26.2. The van der Waals surface area contributed by atoms with E-state index in [1.165, 1.54) is 0 Å². The lowest BCUT2D eigenvalue weighted by molar-refractivity contribution is -0.149. The number of Topliss-reactive ketones (excluding diaryl/α,β-unsaturated/α-hetero) is 1. The largest absolute Gasteiger partial charge is 0.481 e. The highest BCUT2D eigenvalue weighted by atomic mass is 16.5. The summed E-state index contributed by atoms with van der Waals surface area (Å²) in [5, 5.41) is 8.80. The first-order valence-corrected chi connectivity index (χ1v) is 5.40. The molecule has 1 rings (SSSR count). The molecule has 1 heterocycles. The normalized spacial score (nSPS) is 14.2. The average molecular weight is 240 g/mol. The second-order valence-electron chi connectivity index (χ2n) is 3.69. The smallest absolute Gasteiger partial charge is 0.314 e. The van der Waals surface area contributed by atoms with Crippen LogP contribution >= 0.6 is 0 Å². The summed E-state index contributed by atoms with van der Waals surface area (Å²) in [7, 11) is 0. The first-order chi connectivity index (χ1) is 8.06. The lowest BCUT2D eigenvalue weighted by atomic mass is 10.0. The Morgan fingerprint density at radius 3 is 2.71 bits per heavy atom. The molecule has 6 nitrogen and oxygen atoms in total. The quantitative estimate of drug-likeness (QED) is 0.722. The number of hydrogen-bond donors (Lipinski definition) is 1. The highest BCUT2D eigenvalue weighted by Crippen LogP contribution is 2.10. The van der Waals surface area contributed by atoms with Gasteiger partial charge < -0.3 is 14.4 Å². The average Bonchev–Trinajstić information content (AvgIpc) is 2.79. The van der Waals surface area contributed by atoms with E-state index in [1.807, 2.05) is 0 Å². The number of carbonyl (C=O) groups is 2. The molecule has 2 atom stereocenters. The lowest BCUT2D eigenvalue weighted by Gasteiger charge is -2.15. The molecule has 0 aliphatic heterocycles. The molecule has 0 fully saturated rings. The fourth-order valence-corrected chi connectivity index (χ4v) is 1.41. The van der Waals surface area contributed by atoms with Crippen LogP contribution in [0.2, 0.25) is 0 Å². The van der Waals surface area contributed by atoms with Crippen molar-refractivity contribution < 1.29 is 19.4 Å². The van der Waals surface area contributed by atoms with E-state index in [0.29, 0.717) is 0 Å². The number of aliphatic carboxylic acids is 1. The molecule has 0 aliphatic rings. The molecule has 0 bridgehead atoms. The van der Waals surface area contributed by atoms with Crippen molar-refractivity contribution in [3.05, 3.63) is 18.7 Å². The van der Waals surface area contributed by atoms with Crippen LogP contribution in [0.4, 0.5) is 0 Å². The van der Waals surface area contributed by atoms with E-state index in [1.54, 1.807) is 37.1 Å². The number of hydrogen-bond acceptors (Lipinski definition) is 4. The van der Waals surface area contributed by atoms with E-state index in [2.05, 4.69) is 4.98 Å². The summed E-state index contributed by atoms with van der Waals surface area (Å²) in [5.41, 5.74) is 0. The van der Waals surface area contributed by atoms with Gasteiger partial charge in [-0.3, -0.25) is 9.59 Å². The molecule has 17 heavy (non-hydrogen) atoms. The summed E-state index contributed by atoms with van der Waals surface area (Å²) in [6.45, 7) is 3.22. The Labute approximate surface area is 99.2 Å². The third-order valence-corrected chi connectivity index (χ3v) is 2.51. The number of carbonyl (C=O) groups excluding carboxylic acids is 1. The zero-order valence-electron chi connectivity index (χ0n) is 9.87. The minimum atomic E-state index is -1.10. The fourth-order valence-electron chi connectivity index (χ4n) is 1.41. The van der Waals surface area contributed by atoms with E-state index >= 15 is 0 Å². The van der Waals surface area contributed by atoms with Gasteiger partial charge in [0.15, 0.2) is 5.78 Å². The van der Waals surface area contributed by atoms with Crippen LogP contribution in [-0.4, -0.2) is 33.0 Å². The molecule has 0 amide bonds. The topological polar surface area (TPSA) is 81.4 Å². The molecule has 2 unspecified atom stereocenters. The summed E-state index contributed by atoms with van der Waals surface area (Å²) in [5.74, 6) is -2.49. The third-order valence-electron chi connectivity index (χ3n) is 2.51. The first kappa shape index (κ1) is 13.4. The maximum atomic E-state index is 11.6. The molecule has 0 radical (unpaired) electrons. The van der Waals surface area contributed by atoms with E-state index in [0.717, 1.165) is 0 Å². The Hall–Kier alpha value is -1.69.